The molecule has 1 saturated heterocycles. The number of halogens is 1. The molecule has 2 N–H and O–H groups in total. The van der Waals surface area contributed by atoms with E-state index in [4.69, 9.17) is 9.73 Å². The molecule has 1 atom stereocenters. The summed E-state index contributed by atoms with van der Waals surface area (Å²) in [5.74, 6) is 0.872. The molecule has 1 aliphatic heterocycles. The topological polar surface area (TPSA) is 66.7 Å². The first-order chi connectivity index (χ1) is 13.9. The molecule has 0 bridgehead atoms. The van der Waals surface area contributed by atoms with Gasteiger partial charge in [0.25, 0.3) is 0 Å². The van der Waals surface area contributed by atoms with Crippen molar-refractivity contribution in [1.82, 2.24) is 25.3 Å². The van der Waals surface area contributed by atoms with Crippen molar-refractivity contribution in [2.75, 3.05) is 45.9 Å². The molecule has 2 heterocycles. The van der Waals surface area contributed by atoms with E-state index in [9.17, 15) is 0 Å². The summed E-state index contributed by atoms with van der Waals surface area (Å²) in [5, 5.41) is 11.0. The Balaban J connectivity index is 0.00000300. The van der Waals surface area contributed by atoms with E-state index >= 15 is 0 Å². The Morgan fingerprint density at radius 3 is 2.66 bits per heavy atom. The zero-order valence-electron chi connectivity index (χ0n) is 17.2. The molecule has 1 aromatic heterocycles. The predicted molar refractivity (Wildman–Crippen MR) is 128 cm³/mol. The van der Waals surface area contributed by atoms with Crippen LogP contribution < -0.4 is 10.6 Å². The van der Waals surface area contributed by atoms with Crippen LogP contribution in [-0.4, -0.2) is 66.6 Å². The lowest BCUT2D eigenvalue weighted by Crippen LogP contribution is -2.42. The van der Waals surface area contributed by atoms with Gasteiger partial charge in [-0.25, -0.2) is 0 Å². The molecule has 7 nitrogen and oxygen atoms in total. The molecular formula is C21H33IN6O. The molecule has 0 amide bonds. The van der Waals surface area contributed by atoms with Gasteiger partial charge in [0.15, 0.2) is 5.96 Å². The Hall–Kier alpha value is -1.65. The van der Waals surface area contributed by atoms with Crippen LogP contribution in [0, 0.1) is 0 Å². The molecule has 3 rings (SSSR count). The zero-order valence-corrected chi connectivity index (χ0v) is 19.5. The highest BCUT2D eigenvalue weighted by Crippen LogP contribution is 2.22. The van der Waals surface area contributed by atoms with Crippen LogP contribution in [0.4, 0.5) is 0 Å². The van der Waals surface area contributed by atoms with E-state index in [2.05, 4.69) is 57.9 Å². The molecule has 0 aliphatic carbocycles. The lowest BCUT2D eigenvalue weighted by molar-refractivity contribution is 0.0179. The van der Waals surface area contributed by atoms with Gasteiger partial charge in [-0.3, -0.25) is 14.6 Å². The number of aromatic nitrogens is 2. The van der Waals surface area contributed by atoms with Crippen molar-refractivity contribution in [2.45, 2.75) is 25.9 Å². The lowest BCUT2D eigenvalue weighted by atomic mass is 10.1. The smallest absolute Gasteiger partial charge is 0.191 e. The molecule has 160 valence electrons. The number of benzene rings is 1. The van der Waals surface area contributed by atoms with Crippen molar-refractivity contribution >= 4 is 29.9 Å². The Kier molecular flexibility index (Phi) is 11.0. The van der Waals surface area contributed by atoms with Gasteiger partial charge in [0.2, 0.25) is 0 Å². The minimum Gasteiger partial charge on any atom is -0.379 e. The highest BCUT2D eigenvalue weighted by atomic mass is 127. The molecule has 0 saturated carbocycles. The van der Waals surface area contributed by atoms with Crippen LogP contribution in [-0.2, 0) is 11.3 Å². The highest BCUT2D eigenvalue weighted by molar-refractivity contribution is 14.0. The third-order valence-electron chi connectivity index (χ3n) is 4.85. The summed E-state index contributed by atoms with van der Waals surface area (Å²) in [6.07, 6.45) is 4.80. The third kappa shape index (κ3) is 7.94. The number of morpholine rings is 1. The van der Waals surface area contributed by atoms with Gasteiger partial charge in [-0.05, 0) is 25.0 Å². The quantitative estimate of drug-likeness (QED) is 0.234. The summed E-state index contributed by atoms with van der Waals surface area (Å²) in [4.78, 5) is 7.37. The molecule has 1 aliphatic rings. The molecule has 29 heavy (non-hydrogen) atoms. The second-order valence-corrected chi connectivity index (χ2v) is 6.84. The monoisotopic (exact) mass is 512 g/mol. The van der Waals surface area contributed by atoms with E-state index in [1.54, 1.807) is 0 Å². The summed E-state index contributed by atoms with van der Waals surface area (Å²) in [6.45, 7) is 8.90. The largest absolute Gasteiger partial charge is 0.379 e. The van der Waals surface area contributed by atoms with Gasteiger partial charge in [-0.1, -0.05) is 30.3 Å². The molecule has 2 aromatic rings. The van der Waals surface area contributed by atoms with Crippen molar-refractivity contribution in [3.8, 4) is 0 Å². The van der Waals surface area contributed by atoms with Gasteiger partial charge < -0.3 is 15.4 Å². The SMILES string of the molecule is CCNC(=NCC(c1ccccc1)N1CCOCC1)NCCCn1cccn1.I. The first kappa shape index (κ1) is 23.6. The van der Waals surface area contributed by atoms with Crippen molar-refractivity contribution < 1.29 is 4.74 Å². The Bertz CT molecular complexity index is 688. The number of guanidine groups is 1. The number of aryl methyl sites for hydroxylation is 1. The fourth-order valence-corrected chi connectivity index (χ4v) is 3.40. The Morgan fingerprint density at radius 1 is 1.17 bits per heavy atom. The van der Waals surface area contributed by atoms with E-state index in [0.717, 1.165) is 64.9 Å². The van der Waals surface area contributed by atoms with Gasteiger partial charge in [0, 0.05) is 45.1 Å². The molecular weight excluding hydrogens is 479 g/mol. The second kappa shape index (κ2) is 13.6. The molecule has 8 heteroatoms. The number of hydrogen-bond acceptors (Lipinski definition) is 4. The predicted octanol–water partition coefficient (Wildman–Crippen LogP) is 2.52. The Morgan fingerprint density at radius 2 is 1.97 bits per heavy atom. The van der Waals surface area contributed by atoms with Crippen LogP contribution >= 0.6 is 24.0 Å². The van der Waals surface area contributed by atoms with Crippen LogP contribution in [0.5, 0.6) is 0 Å². The van der Waals surface area contributed by atoms with Crippen LogP contribution in [0.3, 0.4) is 0 Å². The molecule has 1 aromatic carbocycles. The first-order valence-corrected chi connectivity index (χ1v) is 10.2. The number of nitrogens with one attached hydrogen (secondary N) is 2. The maximum absolute atomic E-state index is 5.54. The lowest BCUT2D eigenvalue weighted by Gasteiger charge is -2.34. The standard InChI is InChI=1S/C21H32N6O.HI/c1-2-22-21(23-10-6-12-27-13-7-11-25-27)24-18-20(19-8-4-3-5-9-19)26-14-16-28-17-15-26;/h3-5,7-9,11,13,20H,2,6,10,12,14-18H2,1H3,(H2,22,23,24);1H. The van der Waals surface area contributed by atoms with E-state index in [0.29, 0.717) is 0 Å². The van der Waals surface area contributed by atoms with Crippen LogP contribution in [0.1, 0.15) is 24.9 Å². The van der Waals surface area contributed by atoms with E-state index in [-0.39, 0.29) is 30.0 Å². The number of aliphatic imine (C=N–C) groups is 1. The summed E-state index contributed by atoms with van der Waals surface area (Å²) >= 11 is 0. The normalized spacial score (nSPS) is 16.1. The molecule has 0 radical (unpaired) electrons. The fourth-order valence-electron chi connectivity index (χ4n) is 3.40. The average molecular weight is 512 g/mol. The minimum atomic E-state index is 0. The summed E-state index contributed by atoms with van der Waals surface area (Å²) < 4.78 is 7.49. The van der Waals surface area contributed by atoms with Gasteiger partial charge in [0.1, 0.15) is 0 Å². The molecule has 1 unspecified atom stereocenters. The van der Waals surface area contributed by atoms with Crippen molar-refractivity contribution in [1.29, 1.82) is 0 Å². The first-order valence-electron chi connectivity index (χ1n) is 10.2. The summed E-state index contributed by atoms with van der Waals surface area (Å²) in [5.41, 5.74) is 1.31. The molecule has 1 fully saturated rings. The zero-order chi connectivity index (χ0) is 19.4. The van der Waals surface area contributed by atoms with Gasteiger partial charge in [-0.2, -0.15) is 5.10 Å². The van der Waals surface area contributed by atoms with Gasteiger partial charge >= 0.3 is 0 Å². The fraction of sp³-hybridized carbons (Fsp3) is 0.524. The van der Waals surface area contributed by atoms with Crippen molar-refractivity contribution in [2.24, 2.45) is 4.99 Å². The summed E-state index contributed by atoms with van der Waals surface area (Å²) in [7, 11) is 0. The van der Waals surface area contributed by atoms with Crippen LogP contribution in [0.15, 0.2) is 53.8 Å². The second-order valence-electron chi connectivity index (χ2n) is 6.84. The number of ether oxygens (including phenoxy) is 1. The van der Waals surface area contributed by atoms with Crippen LogP contribution in [0.2, 0.25) is 0 Å². The summed E-state index contributed by atoms with van der Waals surface area (Å²) in [6, 6.07) is 12.9. The van der Waals surface area contributed by atoms with Crippen LogP contribution in [0.25, 0.3) is 0 Å². The number of hydrogen-bond donors (Lipinski definition) is 2. The maximum Gasteiger partial charge on any atom is 0.191 e. The average Bonchev–Trinajstić information content (AvgIpc) is 3.26. The van der Waals surface area contributed by atoms with E-state index < -0.39 is 0 Å². The third-order valence-corrected chi connectivity index (χ3v) is 4.85. The maximum atomic E-state index is 5.54. The van der Waals surface area contributed by atoms with Crippen molar-refractivity contribution in [3.05, 3.63) is 54.4 Å². The minimum absolute atomic E-state index is 0. The number of rotatable bonds is 9. The van der Waals surface area contributed by atoms with Gasteiger partial charge in [-0.15, -0.1) is 24.0 Å². The van der Waals surface area contributed by atoms with E-state index in [1.165, 1.54) is 5.56 Å². The number of nitrogens with zero attached hydrogens (tertiary/aromatic N) is 4. The Labute approximate surface area is 190 Å². The van der Waals surface area contributed by atoms with Crippen molar-refractivity contribution in [3.63, 3.8) is 0 Å². The highest BCUT2D eigenvalue weighted by Gasteiger charge is 2.22. The molecule has 0 spiro atoms. The van der Waals surface area contributed by atoms with Gasteiger partial charge in [0.05, 0.1) is 25.8 Å². The van der Waals surface area contributed by atoms with E-state index in [1.807, 2.05) is 23.1 Å².